The molecule has 1 aromatic carbocycles. The van der Waals surface area contributed by atoms with Crippen LogP contribution in [0.1, 0.15) is 25.8 Å². The molecule has 1 N–H and O–H groups in total. The Morgan fingerprint density at radius 3 is 2.55 bits per heavy atom. The van der Waals surface area contributed by atoms with Gasteiger partial charge in [-0.1, -0.05) is 32.0 Å². The minimum Gasteiger partial charge on any atom is -0.381 e. The number of carbonyl (C=O) groups excluding carboxylic acids is 1. The molecule has 112 valence electrons. The van der Waals surface area contributed by atoms with Gasteiger partial charge in [0, 0.05) is 6.61 Å². The van der Waals surface area contributed by atoms with Crippen molar-refractivity contribution >= 4 is 15.9 Å². The summed E-state index contributed by atoms with van der Waals surface area (Å²) in [6.45, 7) is 6.46. The molecule has 1 aromatic rings. The normalized spacial score (nSPS) is 11.6. The molecule has 1 amide bonds. The second-order valence-corrected chi connectivity index (χ2v) is 6.66. The summed E-state index contributed by atoms with van der Waals surface area (Å²) >= 11 is 0. The van der Waals surface area contributed by atoms with E-state index >= 15 is 0 Å². The van der Waals surface area contributed by atoms with Crippen molar-refractivity contribution in [2.24, 2.45) is 5.92 Å². The molecule has 1 rings (SSSR count). The molecule has 5 nitrogen and oxygen atoms in total. The highest BCUT2D eigenvalue weighted by molar-refractivity contribution is 7.90. The number of hydrogen-bond donors (Lipinski definition) is 1. The van der Waals surface area contributed by atoms with Gasteiger partial charge in [0.05, 0.1) is 17.9 Å². The van der Waals surface area contributed by atoms with Crippen LogP contribution in [0.15, 0.2) is 29.2 Å². The Hall–Kier alpha value is -1.40. The average molecular weight is 299 g/mol. The van der Waals surface area contributed by atoms with E-state index in [1.165, 1.54) is 6.07 Å². The summed E-state index contributed by atoms with van der Waals surface area (Å²) < 4.78 is 31.4. The summed E-state index contributed by atoms with van der Waals surface area (Å²) in [5.41, 5.74) is 0.601. The smallest absolute Gasteiger partial charge is 0.264 e. The minimum absolute atomic E-state index is 0.0256. The van der Waals surface area contributed by atoms with E-state index in [1.54, 1.807) is 25.1 Å². The molecule has 0 saturated carbocycles. The van der Waals surface area contributed by atoms with Crippen LogP contribution in [0.5, 0.6) is 0 Å². The lowest BCUT2D eigenvalue weighted by molar-refractivity contribution is -0.120. The first kappa shape index (κ1) is 16.7. The Kier molecular flexibility index (Phi) is 6.16. The van der Waals surface area contributed by atoms with E-state index in [1.807, 2.05) is 13.8 Å². The number of aryl methyl sites for hydroxylation is 1. The van der Waals surface area contributed by atoms with E-state index in [2.05, 4.69) is 4.72 Å². The predicted molar refractivity (Wildman–Crippen MR) is 76.8 cm³/mol. The average Bonchev–Trinajstić information content (AvgIpc) is 2.34. The standard InChI is InChI=1S/C14H21NO4S/c1-11(2)10-19-9-8-14(16)15-20(17,18)13-7-5-4-6-12(13)3/h4-7,11H,8-10H2,1-3H3,(H,15,16). The number of sulfonamides is 1. The first-order valence-electron chi connectivity index (χ1n) is 6.52. The molecular weight excluding hydrogens is 278 g/mol. The Morgan fingerprint density at radius 1 is 1.30 bits per heavy atom. The van der Waals surface area contributed by atoms with Crippen LogP contribution in [-0.2, 0) is 19.6 Å². The predicted octanol–water partition coefficient (Wildman–Crippen LogP) is 1.86. The summed E-state index contributed by atoms with van der Waals surface area (Å²) in [5.74, 6) is -0.175. The van der Waals surface area contributed by atoms with Gasteiger partial charge in [-0.15, -0.1) is 0 Å². The van der Waals surface area contributed by atoms with Gasteiger partial charge in [0.25, 0.3) is 10.0 Å². The third-order valence-corrected chi connectivity index (χ3v) is 4.09. The van der Waals surface area contributed by atoms with Gasteiger partial charge >= 0.3 is 0 Å². The highest BCUT2D eigenvalue weighted by atomic mass is 32.2. The zero-order valence-corrected chi connectivity index (χ0v) is 12.9. The molecule has 0 aromatic heterocycles. The summed E-state index contributed by atoms with van der Waals surface area (Å²) in [6, 6.07) is 6.53. The van der Waals surface area contributed by atoms with Crippen molar-refractivity contribution in [2.75, 3.05) is 13.2 Å². The summed E-state index contributed by atoms with van der Waals surface area (Å²) in [5, 5.41) is 0. The Balaban J connectivity index is 2.55. The van der Waals surface area contributed by atoms with Crippen LogP contribution in [0.3, 0.4) is 0 Å². The van der Waals surface area contributed by atoms with Crippen LogP contribution < -0.4 is 4.72 Å². The lowest BCUT2D eigenvalue weighted by Crippen LogP contribution is -2.31. The fourth-order valence-corrected chi connectivity index (χ4v) is 2.86. The lowest BCUT2D eigenvalue weighted by atomic mass is 10.2. The molecule has 0 unspecified atom stereocenters. The number of benzene rings is 1. The van der Waals surface area contributed by atoms with Gasteiger partial charge in [0.15, 0.2) is 0 Å². The van der Waals surface area contributed by atoms with Crippen molar-refractivity contribution in [2.45, 2.75) is 32.1 Å². The lowest BCUT2D eigenvalue weighted by Gasteiger charge is -2.10. The van der Waals surface area contributed by atoms with Crippen molar-refractivity contribution < 1.29 is 17.9 Å². The fraction of sp³-hybridized carbons (Fsp3) is 0.500. The molecule has 0 spiro atoms. The third-order valence-electron chi connectivity index (χ3n) is 2.56. The van der Waals surface area contributed by atoms with E-state index < -0.39 is 15.9 Å². The topological polar surface area (TPSA) is 72.5 Å². The molecule has 0 heterocycles. The Bertz CT molecular complexity index is 552. The van der Waals surface area contributed by atoms with Crippen LogP contribution >= 0.6 is 0 Å². The van der Waals surface area contributed by atoms with Gasteiger partial charge in [-0.25, -0.2) is 13.1 Å². The van der Waals surface area contributed by atoms with Crippen molar-refractivity contribution in [1.29, 1.82) is 0 Å². The van der Waals surface area contributed by atoms with E-state index in [4.69, 9.17) is 4.74 Å². The molecule has 6 heteroatoms. The molecule has 0 radical (unpaired) electrons. The molecule has 0 atom stereocenters. The van der Waals surface area contributed by atoms with Crippen molar-refractivity contribution in [3.63, 3.8) is 0 Å². The van der Waals surface area contributed by atoms with E-state index in [9.17, 15) is 13.2 Å². The highest BCUT2D eigenvalue weighted by Gasteiger charge is 2.18. The highest BCUT2D eigenvalue weighted by Crippen LogP contribution is 2.13. The number of carbonyl (C=O) groups is 1. The monoisotopic (exact) mass is 299 g/mol. The largest absolute Gasteiger partial charge is 0.381 e. The molecule has 0 saturated heterocycles. The first-order valence-corrected chi connectivity index (χ1v) is 8.00. The first-order chi connectivity index (χ1) is 9.33. The second kappa shape index (κ2) is 7.40. The van der Waals surface area contributed by atoms with Gasteiger partial charge in [-0.2, -0.15) is 0 Å². The minimum atomic E-state index is -3.80. The number of ether oxygens (including phenoxy) is 1. The number of rotatable bonds is 7. The van der Waals surface area contributed by atoms with E-state index in [0.717, 1.165) is 0 Å². The molecule has 0 fully saturated rings. The van der Waals surface area contributed by atoms with Crippen LogP contribution in [0, 0.1) is 12.8 Å². The second-order valence-electron chi connectivity index (χ2n) is 5.01. The van der Waals surface area contributed by atoms with Crippen molar-refractivity contribution in [3.05, 3.63) is 29.8 Å². The maximum Gasteiger partial charge on any atom is 0.264 e. The van der Waals surface area contributed by atoms with Gasteiger partial charge in [0.1, 0.15) is 0 Å². The van der Waals surface area contributed by atoms with E-state index in [-0.39, 0.29) is 17.9 Å². The third kappa shape index (κ3) is 5.30. The van der Waals surface area contributed by atoms with Gasteiger partial charge < -0.3 is 4.74 Å². The van der Waals surface area contributed by atoms with Crippen molar-refractivity contribution in [3.8, 4) is 0 Å². The molecular formula is C14H21NO4S. The van der Waals surface area contributed by atoms with Crippen LogP contribution in [0.25, 0.3) is 0 Å². The van der Waals surface area contributed by atoms with Crippen LogP contribution in [0.2, 0.25) is 0 Å². The molecule has 20 heavy (non-hydrogen) atoms. The molecule has 0 aliphatic carbocycles. The summed E-state index contributed by atoms with van der Waals surface area (Å²) in [7, 11) is -3.80. The zero-order valence-electron chi connectivity index (χ0n) is 12.0. The Morgan fingerprint density at radius 2 is 1.95 bits per heavy atom. The molecule has 0 aliphatic heterocycles. The molecule has 0 aliphatic rings. The molecule has 0 bridgehead atoms. The zero-order chi connectivity index (χ0) is 15.2. The SMILES string of the molecule is Cc1ccccc1S(=O)(=O)NC(=O)CCOCC(C)C. The fourth-order valence-electron chi connectivity index (χ4n) is 1.60. The number of nitrogens with one attached hydrogen (secondary N) is 1. The number of amides is 1. The summed E-state index contributed by atoms with van der Waals surface area (Å²) in [4.78, 5) is 11.7. The maximum absolute atomic E-state index is 12.0. The van der Waals surface area contributed by atoms with Gasteiger partial charge in [-0.05, 0) is 24.5 Å². The van der Waals surface area contributed by atoms with Crippen LogP contribution in [0.4, 0.5) is 0 Å². The van der Waals surface area contributed by atoms with Gasteiger partial charge in [-0.3, -0.25) is 4.79 Å². The van der Waals surface area contributed by atoms with Crippen molar-refractivity contribution in [1.82, 2.24) is 4.72 Å². The van der Waals surface area contributed by atoms with E-state index in [0.29, 0.717) is 18.1 Å². The Labute approximate surface area is 120 Å². The quantitative estimate of drug-likeness (QED) is 0.780. The van der Waals surface area contributed by atoms with Gasteiger partial charge in [0.2, 0.25) is 5.91 Å². The number of hydrogen-bond acceptors (Lipinski definition) is 4. The maximum atomic E-state index is 12.0. The summed E-state index contributed by atoms with van der Waals surface area (Å²) in [6.07, 6.45) is 0.0256. The van der Waals surface area contributed by atoms with Crippen LogP contribution in [-0.4, -0.2) is 27.5 Å².